The smallest absolute Gasteiger partial charge is 0.246 e. The molecule has 0 bridgehead atoms. The van der Waals surface area contributed by atoms with Crippen LogP contribution >= 0.6 is 27.7 Å². The first kappa shape index (κ1) is 16.8. The first-order valence-electron chi connectivity index (χ1n) is 7.03. The van der Waals surface area contributed by atoms with E-state index >= 15 is 0 Å². The zero-order valence-electron chi connectivity index (χ0n) is 12.2. The average molecular weight is 376 g/mol. The van der Waals surface area contributed by atoms with Gasteiger partial charge in [0.25, 0.3) is 0 Å². The van der Waals surface area contributed by atoms with Crippen molar-refractivity contribution in [2.45, 2.75) is 11.4 Å². The Morgan fingerprint density at radius 1 is 1.14 bits per heavy atom. The van der Waals surface area contributed by atoms with Crippen molar-refractivity contribution in [3.8, 4) is 0 Å². The maximum atomic E-state index is 12.1. The molecule has 2 aromatic rings. The lowest BCUT2D eigenvalue weighted by Crippen LogP contribution is -2.31. The van der Waals surface area contributed by atoms with E-state index in [4.69, 9.17) is 0 Å². The average Bonchev–Trinajstić information content (AvgIpc) is 2.56. The number of thioether (sulfide) groups is 1. The molecule has 0 radical (unpaired) electrons. The van der Waals surface area contributed by atoms with E-state index < -0.39 is 0 Å². The molecule has 114 valence electrons. The normalized spacial score (nSPS) is 10.2. The molecule has 0 aromatic heterocycles. The van der Waals surface area contributed by atoms with Crippen molar-refractivity contribution in [2.75, 3.05) is 12.3 Å². The highest BCUT2D eigenvalue weighted by atomic mass is 79.9. The third-order valence-electron chi connectivity index (χ3n) is 3.18. The molecule has 0 atom stereocenters. The number of nitrogens with zero attached hydrogens (tertiary/aromatic N) is 1. The molecule has 0 saturated carbocycles. The Balaban J connectivity index is 1.96. The lowest BCUT2D eigenvalue weighted by molar-refractivity contribution is -0.126. The van der Waals surface area contributed by atoms with E-state index in [1.807, 2.05) is 47.4 Å². The van der Waals surface area contributed by atoms with Crippen molar-refractivity contribution in [1.82, 2.24) is 4.90 Å². The minimum Gasteiger partial charge on any atom is -0.334 e. The Hall–Kier alpha value is -1.52. The Labute approximate surface area is 144 Å². The molecule has 2 aromatic carbocycles. The van der Waals surface area contributed by atoms with Crippen LogP contribution in [0.4, 0.5) is 0 Å². The number of hydrogen-bond acceptors (Lipinski definition) is 2. The van der Waals surface area contributed by atoms with Crippen LogP contribution in [0.25, 0.3) is 0 Å². The lowest BCUT2D eigenvalue weighted by atomic mass is 10.2. The van der Waals surface area contributed by atoms with Crippen molar-refractivity contribution in [1.29, 1.82) is 0 Å². The zero-order valence-corrected chi connectivity index (χ0v) is 14.6. The van der Waals surface area contributed by atoms with Crippen LogP contribution in [0.1, 0.15) is 5.56 Å². The Morgan fingerprint density at radius 2 is 1.82 bits per heavy atom. The van der Waals surface area contributed by atoms with Gasteiger partial charge in [-0.1, -0.05) is 58.9 Å². The van der Waals surface area contributed by atoms with Crippen LogP contribution in [0.5, 0.6) is 0 Å². The predicted molar refractivity (Wildman–Crippen MR) is 96.9 cm³/mol. The van der Waals surface area contributed by atoms with Gasteiger partial charge in [0.15, 0.2) is 0 Å². The second kappa shape index (κ2) is 8.81. The van der Waals surface area contributed by atoms with Gasteiger partial charge < -0.3 is 4.90 Å². The van der Waals surface area contributed by atoms with Gasteiger partial charge in [0.05, 0.1) is 0 Å². The van der Waals surface area contributed by atoms with E-state index in [1.54, 1.807) is 11.8 Å². The molecule has 0 unspecified atom stereocenters. The van der Waals surface area contributed by atoms with Gasteiger partial charge in [-0.2, -0.15) is 0 Å². The summed E-state index contributed by atoms with van der Waals surface area (Å²) in [5.41, 5.74) is 1.10. The van der Waals surface area contributed by atoms with E-state index in [2.05, 4.69) is 34.6 Å². The molecule has 0 fully saturated rings. The van der Waals surface area contributed by atoms with Crippen LogP contribution < -0.4 is 0 Å². The number of halogens is 1. The van der Waals surface area contributed by atoms with Gasteiger partial charge >= 0.3 is 0 Å². The zero-order chi connectivity index (χ0) is 15.8. The monoisotopic (exact) mass is 375 g/mol. The molecule has 2 rings (SSSR count). The number of benzene rings is 2. The minimum absolute atomic E-state index is 0.0376. The fraction of sp³-hybridized carbons (Fsp3) is 0.167. The third kappa shape index (κ3) is 5.04. The fourth-order valence-electron chi connectivity index (χ4n) is 2.02. The van der Waals surface area contributed by atoms with Gasteiger partial charge in [-0.3, -0.25) is 4.79 Å². The van der Waals surface area contributed by atoms with Crippen molar-refractivity contribution in [3.63, 3.8) is 0 Å². The van der Waals surface area contributed by atoms with Crippen molar-refractivity contribution in [3.05, 3.63) is 77.3 Å². The van der Waals surface area contributed by atoms with E-state index in [1.165, 1.54) is 11.0 Å². The summed E-state index contributed by atoms with van der Waals surface area (Å²) in [6, 6.07) is 18.2. The molecule has 0 aliphatic carbocycles. The van der Waals surface area contributed by atoms with Crippen LogP contribution in [-0.4, -0.2) is 23.1 Å². The highest BCUT2D eigenvalue weighted by molar-refractivity contribution is 9.10. The summed E-state index contributed by atoms with van der Waals surface area (Å²) in [6.07, 6.45) is 1.38. The van der Waals surface area contributed by atoms with Gasteiger partial charge in [-0.05, 0) is 29.8 Å². The lowest BCUT2D eigenvalue weighted by Gasteiger charge is -2.21. The maximum Gasteiger partial charge on any atom is 0.246 e. The van der Waals surface area contributed by atoms with Gasteiger partial charge in [0.2, 0.25) is 5.91 Å². The summed E-state index contributed by atoms with van der Waals surface area (Å²) in [6.45, 7) is 4.87. The van der Waals surface area contributed by atoms with Crippen molar-refractivity contribution < 1.29 is 4.79 Å². The molecule has 2 nitrogen and oxygen atoms in total. The van der Waals surface area contributed by atoms with Crippen LogP contribution in [0.3, 0.4) is 0 Å². The summed E-state index contributed by atoms with van der Waals surface area (Å²) in [4.78, 5) is 15.1. The molecule has 0 N–H and O–H groups in total. The molecular formula is C18H18BrNOS. The quantitative estimate of drug-likeness (QED) is 0.513. The van der Waals surface area contributed by atoms with Gasteiger partial charge in [-0.15, -0.1) is 11.8 Å². The summed E-state index contributed by atoms with van der Waals surface area (Å²) < 4.78 is 1.02. The predicted octanol–water partition coefficient (Wildman–Crippen LogP) is 4.76. The van der Waals surface area contributed by atoms with Crippen LogP contribution in [0, 0.1) is 0 Å². The molecule has 0 spiro atoms. The summed E-state index contributed by atoms with van der Waals surface area (Å²) >= 11 is 5.28. The second-order valence-electron chi connectivity index (χ2n) is 4.72. The molecule has 0 aliphatic heterocycles. The molecule has 0 aliphatic rings. The molecule has 0 heterocycles. The SMILES string of the molecule is C=CC(=O)N(CCSc1ccccc1)Cc1ccccc1Br. The molecular weight excluding hydrogens is 358 g/mol. The number of rotatable bonds is 7. The van der Waals surface area contributed by atoms with E-state index in [0.29, 0.717) is 13.1 Å². The van der Waals surface area contributed by atoms with Crippen LogP contribution in [0.15, 0.2) is 76.6 Å². The third-order valence-corrected chi connectivity index (χ3v) is 4.94. The Bertz CT molecular complexity index is 630. The molecule has 4 heteroatoms. The van der Waals surface area contributed by atoms with Crippen LogP contribution in [0.2, 0.25) is 0 Å². The number of carbonyl (C=O) groups is 1. The van der Waals surface area contributed by atoms with Crippen molar-refractivity contribution >= 4 is 33.6 Å². The molecule has 22 heavy (non-hydrogen) atoms. The van der Waals surface area contributed by atoms with Gasteiger partial charge in [0, 0.05) is 28.2 Å². The first-order chi connectivity index (χ1) is 10.7. The Morgan fingerprint density at radius 3 is 2.50 bits per heavy atom. The summed E-state index contributed by atoms with van der Waals surface area (Å²) in [5, 5.41) is 0. The Kier molecular flexibility index (Phi) is 6.74. The highest BCUT2D eigenvalue weighted by Gasteiger charge is 2.12. The number of carbonyl (C=O) groups excluding carboxylic acids is 1. The number of amides is 1. The van der Waals surface area contributed by atoms with Gasteiger partial charge in [-0.25, -0.2) is 0 Å². The van der Waals surface area contributed by atoms with E-state index in [0.717, 1.165) is 15.8 Å². The topological polar surface area (TPSA) is 20.3 Å². The maximum absolute atomic E-state index is 12.1. The van der Waals surface area contributed by atoms with Crippen molar-refractivity contribution in [2.24, 2.45) is 0 Å². The summed E-state index contributed by atoms with van der Waals surface area (Å²) in [5.74, 6) is 0.818. The van der Waals surface area contributed by atoms with E-state index in [9.17, 15) is 4.79 Å². The van der Waals surface area contributed by atoms with E-state index in [-0.39, 0.29) is 5.91 Å². The molecule has 1 amide bonds. The molecule has 0 saturated heterocycles. The minimum atomic E-state index is -0.0376. The largest absolute Gasteiger partial charge is 0.334 e. The second-order valence-corrected chi connectivity index (χ2v) is 6.74. The van der Waals surface area contributed by atoms with Gasteiger partial charge in [0.1, 0.15) is 0 Å². The highest BCUT2D eigenvalue weighted by Crippen LogP contribution is 2.20. The summed E-state index contributed by atoms with van der Waals surface area (Å²) in [7, 11) is 0. The van der Waals surface area contributed by atoms with Crippen LogP contribution in [-0.2, 0) is 11.3 Å². The fourth-order valence-corrected chi connectivity index (χ4v) is 3.33. The standard InChI is InChI=1S/C18H18BrNOS/c1-2-18(21)20(14-15-8-6-7-11-17(15)19)12-13-22-16-9-4-3-5-10-16/h2-11H,1,12-14H2. The first-order valence-corrected chi connectivity index (χ1v) is 8.81. The number of hydrogen-bond donors (Lipinski definition) is 0.